The third kappa shape index (κ3) is 4.56. The van der Waals surface area contributed by atoms with Gasteiger partial charge in [-0.3, -0.25) is 9.59 Å². The van der Waals surface area contributed by atoms with Gasteiger partial charge in [0, 0.05) is 5.69 Å². The van der Waals surface area contributed by atoms with Crippen LogP contribution in [0.4, 0.5) is 5.69 Å². The Morgan fingerprint density at radius 3 is 2.55 bits per heavy atom. The summed E-state index contributed by atoms with van der Waals surface area (Å²) in [4.78, 5) is 23.1. The highest BCUT2D eigenvalue weighted by atomic mass is 32.2. The average Bonchev–Trinajstić information content (AvgIpc) is 2.39. The molecule has 4 nitrogen and oxygen atoms in total. The number of hydrogen-bond acceptors (Lipinski definition) is 3. The summed E-state index contributed by atoms with van der Waals surface area (Å²) in [5.74, 6) is -1.03. The van der Waals surface area contributed by atoms with E-state index in [9.17, 15) is 9.59 Å². The van der Waals surface area contributed by atoms with E-state index in [1.165, 1.54) is 11.8 Å². The van der Waals surface area contributed by atoms with Gasteiger partial charge in [0.2, 0.25) is 5.91 Å². The minimum atomic E-state index is -0.871. The van der Waals surface area contributed by atoms with Crippen LogP contribution in [0, 0.1) is 13.8 Å². The van der Waals surface area contributed by atoms with Crippen LogP contribution < -0.4 is 5.32 Å². The lowest BCUT2D eigenvalue weighted by Crippen LogP contribution is -2.27. The maximum absolute atomic E-state index is 12.1. The maximum Gasteiger partial charge on any atom is 0.316 e. The molecule has 0 aliphatic rings. The fraction of sp³-hybridized carbons (Fsp3) is 0.467. The van der Waals surface area contributed by atoms with Crippen LogP contribution in [-0.4, -0.2) is 27.5 Å². The van der Waals surface area contributed by atoms with Gasteiger partial charge in [-0.25, -0.2) is 0 Å². The number of anilines is 1. The predicted molar refractivity (Wildman–Crippen MR) is 83.3 cm³/mol. The maximum atomic E-state index is 12.1. The Labute approximate surface area is 124 Å². The van der Waals surface area contributed by atoms with Crippen molar-refractivity contribution in [3.05, 3.63) is 29.3 Å². The summed E-state index contributed by atoms with van der Waals surface area (Å²) < 4.78 is 0. The molecule has 0 heterocycles. The van der Waals surface area contributed by atoms with Gasteiger partial charge in [-0.15, -0.1) is 11.8 Å². The van der Waals surface area contributed by atoms with Gasteiger partial charge in [0.15, 0.2) is 0 Å². The number of carbonyl (C=O) groups is 2. The second kappa shape index (κ2) is 7.33. The second-order valence-electron chi connectivity index (χ2n) is 4.82. The number of thioether (sulfide) groups is 1. The van der Waals surface area contributed by atoms with Gasteiger partial charge in [-0.1, -0.05) is 19.1 Å². The standard InChI is InChI=1S/C15H21NO3S/c1-5-13(15(18)19)20-11(4)14(17)16-12-8-9(2)6-7-10(12)3/h6-8,11,13H,5H2,1-4H3,(H,16,17)(H,18,19). The summed E-state index contributed by atoms with van der Waals surface area (Å²) in [5, 5.41) is 10.9. The number of carboxylic acids is 1. The zero-order chi connectivity index (χ0) is 15.3. The second-order valence-corrected chi connectivity index (χ2v) is 6.37. The van der Waals surface area contributed by atoms with E-state index in [1.807, 2.05) is 32.0 Å². The molecule has 0 fully saturated rings. The van der Waals surface area contributed by atoms with Crippen LogP contribution >= 0.6 is 11.8 Å². The van der Waals surface area contributed by atoms with Gasteiger partial charge in [-0.2, -0.15) is 0 Å². The van der Waals surface area contributed by atoms with Gasteiger partial charge in [0.1, 0.15) is 5.25 Å². The number of rotatable bonds is 6. The molecule has 0 aliphatic heterocycles. The fourth-order valence-corrected chi connectivity index (χ4v) is 2.73. The first kappa shape index (κ1) is 16.6. The van der Waals surface area contributed by atoms with Crippen LogP contribution in [0.25, 0.3) is 0 Å². The lowest BCUT2D eigenvalue weighted by molar-refractivity contribution is -0.136. The Morgan fingerprint density at radius 1 is 1.35 bits per heavy atom. The van der Waals surface area contributed by atoms with E-state index in [1.54, 1.807) is 13.8 Å². The van der Waals surface area contributed by atoms with E-state index in [4.69, 9.17) is 5.11 Å². The molecule has 2 unspecified atom stereocenters. The first-order valence-corrected chi connectivity index (χ1v) is 7.55. The number of nitrogens with one attached hydrogen (secondary N) is 1. The minimum absolute atomic E-state index is 0.164. The summed E-state index contributed by atoms with van der Waals surface area (Å²) in [6.07, 6.45) is 0.501. The highest BCUT2D eigenvalue weighted by molar-refractivity contribution is 8.01. The summed E-state index contributed by atoms with van der Waals surface area (Å²) in [7, 11) is 0. The topological polar surface area (TPSA) is 66.4 Å². The molecular formula is C15H21NO3S. The number of aryl methyl sites for hydroxylation is 2. The highest BCUT2D eigenvalue weighted by Gasteiger charge is 2.23. The van der Waals surface area contributed by atoms with Crippen molar-refractivity contribution in [3.63, 3.8) is 0 Å². The number of hydrogen-bond donors (Lipinski definition) is 2. The molecule has 0 aliphatic carbocycles. The molecule has 2 N–H and O–H groups in total. The highest BCUT2D eigenvalue weighted by Crippen LogP contribution is 2.23. The Hall–Kier alpha value is -1.49. The summed E-state index contributed by atoms with van der Waals surface area (Å²) >= 11 is 1.18. The first-order chi connectivity index (χ1) is 9.35. The van der Waals surface area contributed by atoms with Crippen molar-refractivity contribution in [1.29, 1.82) is 0 Å². The zero-order valence-corrected chi connectivity index (χ0v) is 13.1. The molecule has 0 aromatic heterocycles. The zero-order valence-electron chi connectivity index (χ0n) is 12.3. The molecule has 1 amide bonds. The summed E-state index contributed by atoms with van der Waals surface area (Å²) in [5.41, 5.74) is 2.85. The summed E-state index contributed by atoms with van der Waals surface area (Å²) in [6, 6.07) is 5.86. The van der Waals surface area contributed by atoms with Crippen LogP contribution in [0.3, 0.4) is 0 Å². The van der Waals surface area contributed by atoms with Crippen LogP contribution in [-0.2, 0) is 9.59 Å². The third-order valence-corrected chi connectivity index (χ3v) is 4.52. The number of benzene rings is 1. The monoisotopic (exact) mass is 295 g/mol. The van der Waals surface area contributed by atoms with Crippen molar-refractivity contribution < 1.29 is 14.7 Å². The number of carboxylic acid groups (broad SMARTS) is 1. The van der Waals surface area contributed by atoms with E-state index in [-0.39, 0.29) is 5.91 Å². The molecule has 110 valence electrons. The van der Waals surface area contributed by atoms with Gasteiger partial charge in [0.25, 0.3) is 0 Å². The van der Waals surface area contributed by atoms with Crippen LogP contribution in [0.15, 0.2) is 18.2 Å². The molecule has 1 aromatic rings. The molecule has 5 heteroatoms. The van der Waals surface area contributed by atoms with E-state index in [0.717, 1.165) is 16.8 Å². The Morgan fingerprint density at radius 2 is 2.00 bits per heavy atom. The van der Waals surface area contributed by atoms with Crippen molar-refractivity contribution >= 4 is 29.3 Å². The number of amides is 1. The lowest BCUT2D eigenvalue weighted by atomic mass is 10.1. The molecule has 20 heavy (non-hydrogen) atoms. The van der Waals surface area contributed by atoms with Gasteiger partial charge in [0.05, 0.1) is 5.25 Å². The van der Waals surface area contributed by atoms with Crippen LogP contribution in [0.1, 0.15) is 31.4 Å². The predicted octanol–water partition coefficient (Wildman–Crippen LogP) is 3.23. The van der Waals surface area contributed by atoms with Crippen molar-refractivity contribution in [1.82, 2.24) is 0 Å². The van der Waals surface area contributed by atoms with E-state index >= 15 is 0 Å². The molecule has 1 aromatic carbocycles. The normalized spacial score (nSPS) is 13.6. The van der Waals surface area contributed by atoms with Crippen molar-refractivity contribution in [2.45, 2.75) is 44.6 Å². The number of aliphatic carboxylic acids is 1. The molecule has 2 atom stereocenters. The van der Waals surface area contributed by atoms with E-state index in [0.29, 0.717) is 6.42 Å². The lowest BCUT2D eigenvalue weighted by Gasteiger charge is -2.17. The Bertz CT molecular complexity index is 502. The Kier molecular flexibility index (Phi) is 6.07. The van der Waals surface area contributed by atoms with Crippen molar-refractivity contribution in [2.75, 3.05) is 5.32 Å². The van der Waals surface area contributed by atoms with E-state index < -0.39 is 16.5 Å². The smallest absolute Gasteiger partial charge is 0.316 e. The van der Waals surface area contributed by atoms with Gasteiger partial charge in [-0.05, 0) is 44.4 Å². The molecule has 0 saturated carbocycles. The van der Waals surface area contributed by atoms with Crippen LogP contribution in [0.5, 0.6) is 0 Å². The quantitative estimate of drug-likeness (QED) is 0.845. The summed E-state index contributed by atoms with van der Waals surface area (Å²) in [6.45, 7) is 7.43. The van der Waals surface area contributed by atoms with Crippen LogP contribution in [0.2, 0.25) is 0 Å². The molecule has 0 spiro atoms. The Balaban J connectivity index is 2.70. The molecule has 0 bridgehead atoms. The minimum Gasteiger partial charge on any atom is -0.480 e. The van der Waals surface area contributed by atoms with Crippen molar-refractivity contribution in [3.8, 4) is 0 Å². The van der Waals surface area contributed by atoms with E-state index in [2.05, 4.69) is 5.32 Å². The first-order valence-electron chi connectivity index (χ1n) is 6.61. The SMILES string of the molecule is CCC(SC(C)C(=O)Nc1cc(C)ccc1C)C(=O)O. The molecular weight excluding hydrogens is 274 g/mol. The van der Waals surface area contributed by atoms with Gasteiger partial charge >= 0.3 is 5.97 Å². The van der Waals surface area contributed by atoms with Crippen molar-refractivity contribution in [2.24, 2.45) is 0 Å². The average molecular weight is 295 g/mol. The molecule has 1 rings (SSSR count). The number of carbonyl (C=O) groups excluding carboxylic acids is 1. The largest absolute Gasteiger partial charge is 0.480 e. The molecule has 0 radical (unpaired) electrons. The third-order valence-electron chi connectivity index (χ3n) is 3.03. The molecule has 0 saturated heterocycles. The van der Waals surface area contributed by atoms with Gasteiger partial charge < -0.3 is 10.4 Å². The fourth-order valence-electron chi connectivity index (χ4n) is 1.74.